The van der Waals surface area contributed by atoms with Gasteiger partial charge in [-0.05, 0) is 80.3 Å². The molecule has 2 aliphatic rings. The number of benzene rings is 2. The zero-order valence-electron chi connectivity index (χ0n) is 20.9. The van der Waals surface area contributed by atoms with Crippen molar-refractivity contribution in [3.8, 4) is 6.07 Å². The summed E-state index contributed by atoms with van der Waals surface area (Å²) < 4.78 is 6.41. The van der Waals surface area contributed by atoms with Crippen LogP contribution in [0.4, 0.5) is 11.4 Å². The quantitative estimate of drug-likeness (QED) is 0.557. The number of aromatic nitrogens is 1. The van der Waals surface area contributed by atoms with Crippen molar-refractivity contribution in [2.45, 2.75) is 38.9 Å². The van der Waals surface area contributed by atoms with Gasteiger partial charge in [0.25, 0.3) is 0 Å². The topological polar surface area (TPSA) is 99.6 Å². The van der Waals surface area contributed by atoms with Gasteiger partial charge in [-0.25, -0.2) is 0 Å². The van der Waals surface area contributed by atoms with Crippen LogP contribution in [0.5, 0.6) is 0 Å². The average molecular weight is 481 g/mol. The molecule has 2 atom stereocenters. The molecule has 5 rings (SSSR count). The van der Waals surface area contributed by atoms with Crippen LogP contribution in [0.15, 0.2) is 59.7 Å². The maximum Gasteiger partial charge on any atom is 0.132 e. The molecule has 7 heteroatoms. The molecule has 184 valence electrons. The van der Waals surface area contributed by atoms with Gasteiger partial charge in [0.15, 0.2) is 0 Å². The monoisotopic (exact) mass is 480 g/mol. The Morgan fingerprint density at radius 3 is 2.94 bits per heavy atom. The largest absolute Gasteiger partial charge is 0.365 e. The molecule has 3 heterocycles. The Morgan fingerprint density at radius 2 is 2.14 bits per heavy atom. The number of aliphatic imine (C=N–C) groups is 1. The number of nitriles is 1. The van der Waals surface area contributed by atoms with Gasteiger partial charge in [-0.3, -0.25) is 9.98 Å². The van der Waals surface area contributed by atoms with Crippen LogP contribution in [0, 0.1) is 11.3 Å². The average Bonchev–Trinajstić information content (AvgIpc) is 3.13. The summed E-state index contributed by atoms with van der Waals surface area (Å²) in [4.78, 5) is 11.8. The molecule has 1 aromatic heterocycles. The van der Waals surface area contributed by atoms with E-state index >= 15 is 0 Å². The zero-order valence-corrected chi connectivity index (χ0v) is 20.9. The van der Waals surface area contributed by atoms with Crippen molar-refractivity contribution >= 4 is 33.7 Å². The molecular formula is C29H32N6O. The highest BCUT2D eigenvalue weighted by atomic mass is 16.5. The van der Waals surface area contributed by atoms with Gasteiger partial charge in [0, 0.05) is 36.0 Å². The van der Waals surface area contributed by atoms with Gasteiger partial charge in [-0.1, -0.05) is 18.2 Å². The van der Waals surface area contributed by atoms with Crippen LogP contribution in [0.3, 0.4) is 0 Å². The first-order chi connectivity index (χ1) is 17.6. The lowest BCUT2D eigenvalue weighted by molar-refractivity contribution is 0.0205. The van der Waals surface area contributed by atoms with Crippen LogP contribution in [0.1, 0.15) is 37.0 Å². The molecule has 36 heavy (non-hydrogen) atoms. The molecule has 1 fully saturated rings. The van der Waals surface area contributed by atoms with Crippen molar-refractivity contribution in [2.75, 3.05) is 36.4 Å². The first kappa shape index (κ1) is 24.0. The number of hydrogen-bond donors (Lipinski definition) is 2. The van der Waals surface area contributed by atoms with Crippen LogP contribution in [0.2, 0.25) is 0 Å². The third-order valence-electron chi connectivity index (χ3n) is 6.96. The molecule has 3 N–H and O–H groups in total. The van der Waals surface area contributed by atoms with Gasteiger partial charge in [0.1, 0.15) is 18.0 Å². The number of nitrogens with two attached hydrogens (primary N) is 1. The summed E-state index contributed by atoms with van der Waals surface area (Å²) in [6.07, 6.45) is 5.43. The van der Waals surface area contributed by atoms with E-state index in [1.165, 1.54) is 16.7 Å². The number of nitrogens with one attached hydrogen (secondary N) is 1. The Hall–Kier alpha value is -3.73. The molecule has 0 radical (unpaired) electrons. The Bertz CT molecular complexity index is 1370. The summed E-state index contributed by atoms with van der Waals surface area (Å²) in [5.74, 6) is 0.861. The fourth-order valence-electron chi connectivity index (χ4n) is 5.33. The zero-order chi connectivity index (χ0) is 25.1. The molecule has 0 aliphatic carbocycles. The maximum absolute atomic E-state index is 9.54. The van der Waals surface area contributed by atoms with E-state index in [2.05, 4.69) is 59.4 Å². The molecule has 0 spiro atoms. The van der Waals surface area contributed by atoms with Gasteiger partial charge in [0.2, 0.25) is 0 Å². The molecule has 1 saturated heterocycles. The second kappa shape index (κ2) is 10.5. The standard InChI is InChI=1S/C29H32N6O/c1-3-20(11-13-30)22-6-4-8-25-23(22)12-15-33-29(34-25)27-18-35(17-19(2)36-27)26-10-9-21(16-31)28-24(26)7-5-14-32-28/h3-10,14,19,27H,11-13,15,17-18,30H2,1-2H3,(H,33,34)/b20-3+. The Balaban J connectivity index is 1.44. The van der Waals surface area contributed by atoms with Gasteiger partial charge in [0.05, 0.1) is 23.7 Å². The number of fused-ring (bicyclic) bond motifs is 2. The first-order valence-electron chi connectivity index (χ1n) is 12.6. The molecule has 2 aliphatic heterocycles. The number of pyridine rings is 1. The van der Waals surface area contributed by atoms with E-state index in [4.69, 9.17) is 15.5 Å². The smallest absolute Gasteiger partial charge is 0.132 e. The number of hydrogen-bond acceptors (Lipinski definition) is 7. The van der Waals surface area contributed by atoms with E-state index in [0.717, 1.165) is 47.5 Å². The molecule has 2 unspecified atom stereocenters. The predicted octanol–water partition coefficient (Wildman–Crippen LogP) is 4.52. The minimum Gasteiger partial charge on any atom is -0.365 e. The van der Waals surface area contributed by atoms with E-state index in [1.54, 1.807) is 6.20 Å². The SMILES string of the molecule is C/C=C(\CCN)c1cccc2c1CCN=C(C1CN(c3ccc(C#N)c4ncccc34)CC(C)O1)N2. The Labute approximate surface area is 212 Å². The van der Waals surface area contributed by atoms with Crippen molar-refractivity contribution in [1.82, 2.24) is 4.98 Å². The van der Waals surface area contributed by atoms with E-state index < -0.39 is 0 Å². The van der Waals surface area contributed by atoms with Crippen molar-refractivity contribution in [3.05, 3.63) is 71.4 Å². The molecule has 0 saturated carbocycles. The number of nitrogens with zero attached hydrogens (tertiary/aromatic N) is 4. The number of allylic oxidation sites excluding steroid dienone is 1. The fourth-order valence-corrected chi connectivity index (χ4v) is 5.33. The minimum atomic E-state index is -0.198. The highest BCUT2D eigenvalue weighted by Gasteiger charge is 2.31. The normalized spacial score (nSPS) is 20.2. The van der Waals surface area contributed by atoms with Gasteiger partial charge in [-0.2, -0.15) is 5.26 Å². The van der Waals surface area contributed by atoms with Crippen LogP contribution in [-0.2, 0) is 11.2 Å². The van der Waals surface area contributed by atoms with Crippen LogP contribution in [-0.4, -0.2) is 49.2 Å². The Kier molecular flexibility index (Phi) is 6.99. The van der Waals surface area contributed by atoms with E-state index in [9.17, 15) is 5.26 Å². The molecule has 0 bridgehead atoms. The second-order valence-electron chi connectivity index (χ2n) is 9.31. The van der Waals surface area contributed by atoms with Crippen molar-refractivity contribution < 1.29 is 4.74 Å². The van der Waals surface area contributed by atoms with Crippen LogP contribution >= 0.6 is 0 Å². The van der Waals surface area contributed by atoms with Crippen LogP contribution in [0.25, 0.3) is 16.5 Å². The summed E-state index contributed by atoms with van der Waals surface area (Å²) in [6, 6.07) is 16.5. The van der Waals surface area contributed by atoms with Crippen molar-refractivity contribution in [1.29, 1.82) is 5.26 Å². The number of morpholine rings is 1. The third kappa shape index (κ3) is 4.58. The summed E-state index contributed by atoms with van der Waals surface area (Å²) in [6.45, 7) is 6.91. The lowest BCUT2D eigenvalue weighted by Crippen LogP contribution is -2.51. The number of anilines is 2. The number of amidine groups is 1. The highest BCUT2D eigenvalue weighted by molar-refractivity contribution is 6.01. The van der Waals surface area contributed by atoms with Gasteiger partial charge < -0.3 is 20.7 Å². The van der Waals surface area contributed by atoms with Crippen LogP contribution < -0.4 is 16.0 Å². The highest BCUT2D eigenvalue weighted by Crippen LogP contribution is 2.33. The van der Waals surface area contributed by atoms with E-state index in [-0.39, 0.29) is 12.2 Å². The van der Waals surface area contributed by atoms with Crippen molar-refractivity contribution in [3.63, 3.8) is 0 Å². The van der Waals surface area contributed by atoms with E-state index in [0.29, 0.717) is 25.2 Å². The van der Waals surface area contributed by atoms with Crippen molar-refractivity contribution in [2.24, 2.45) is 10.7 Å². The second-order valence-corrected chi connectivity index (χ2v) is 9.31. The maximum atomic E-state index is 9.54. The lowest BCUT2D eigenvalue weighted by atomic mass is 9.94. The third-order valence-corrected chi connectivity index (χ3v) is 6.96. The summed E-state index contributed by atoms with van der Waals surface area (Å²) in [5, 5.41) is 14.1. The summed E-state index contributed by atoms with van der Waals surface area (Å²) in [7, 11) is 0. The van der Waals surface area contributed by atoms with Gasteiger partial charge >= 0.3 is 0 Å². The molecule has 0 amide bonds. The van der Waals surface area contributed by atoms with Gasteiger partial charge in [-0.15, -0.1) is 0 Å². The summed E-state index contributed by atoms with van der Waals surface area (Å²) >= 11 is 0. The molecular weight excluding hydrogens is 448 g/mol. The number of ether oxygens (including phenoxy) is 1. The molecule has 3 aromatic rings. The summed E-state index contributed by atoms with van der Waals surface area (Å²) in [5.41, 5.74) is 13.1. The lowest BCUT2D eigenvalue weighted by Gasteiger charge is -2.39. The Morgan fingerprint density at radius 1 is 1.25 bits per heavy atom. The fraction of sp³-hybridized carbons (Fsp3) is 0.345. The molecule has 2 aromatic carbocycles. The number of rotatable bonds is 5. The predicted molar refractivity (Wildman–Crippen MR) is 146 cm³/mol. The van der Waals surface area contributed by atoms with E-state index in [1.807, 2.05) is 24.3 Å². The first-order valence-corrected chi connectivity index (χ1v) is 12.6. The minimum absolute atomic E-state index is 0.0175. The molecule has 7 nitrogen and oxygen atoms in total.